The molecule has 1 heterocycles. The lowest BCUT2D eigenvalue weighted by Gasteiger charge is -2.26. The highest BCUT2D eigenvalue weighted by atomic mass is 15.1. The van der Waals surface area contributed by atoms with Crippen molar-refractivity contribution in [1.29, 1.82) is 0 Å². The Morgan fingerprint density at radius 3 is 2.65 bits per heavy atom. The Hall–Kier alpha value is -1.12. The van der Waals surface area contributed by atoms with Gasteiger partial charge in [0.25, 0.3) is 0 Å². The molecule has 92 valence electrons. The van der Waals surface area contributed by atoms with Gasteiger partial charge in [0.1, 0.15) is 0 Å². The molecule has 0 saturated carbocycles. The molecule has 17 heavy (non-hydrogen) atoms. The normalized spacial score (nSPS) is 16.9. The van der Waals surface area contributed by atoms with Crippen molar-refractivity contribution in [2.24, 2.45) is 5.73 Å². The molecule has 2 N–H and O–H groups in total. The van der Waals surface area contributed by atoms with E-state index < -0.39 is 0 Å². The van der Waals surface area contributed by atoms with Crippen LogP contribution in [0.2, 0.25) is 0 Å². The van der Waals surface area contributed by atoms with Gasteiger partial charge in [-0.1, -0.05) is 35.9 Å². The number of hydrogen-bond acceptors (Lipinski definition) is 2. The van der Waals surface area contributed by atoms with Crippen LogP contribution in [0.5, 0.6) is 0 Å². The molecule has 0 atom stereocenters. The number of rotatable bonds is 4. The fourth-order valence-corrected chi connectivity index (χ4v) is 2.31. The summed E-state index contributed by atoms with van der Waals surface area (Å²) in [4.78, 5) is 2.50. The van der Waals surface area contributed by atoms with E-state index in [1.165, 1.54) is 29.7 Å². The van der Waals surface area contributed by atoms with Crippen molar-refractivity contribution in [1.82, 2.24) is 4.90 Å². The van der Waals surface area contributed by atoms with Gasteiger partial charge in [0.2, 0.25) is 0 Å². The minimum atomic E-state index is 0.732. The van der Waals surface area contributed by atoms with E-state index in [1.54, 1.807) is 0 Å². The summed E-state index contributed by atoms with van der Waals surface area (Å²) in [7, 11) is 0. The quantitative estimate of drug-likeness (QED) is 0.804. The van der Waals surface area contributed by atoms with E-state index in [-0.39, 0.29) is 0 Å². The van der Waals surface area contributed by atoms with Crippen LogP contribution in [0.3, 0.4) is 0 Å². The van der Waals surface area contributed by atoms with Crippen LogP contribution >= 0.6 is 0 Å². The summed E-state index contributed by atoms with van der Waals surface area (Å²) >= 11 is 0. The van der Waals surface area contributed by atoms with Gasteiger partial charge in [-0.3, -0.25) is 4.90 Å². The fraction of sp³-hybridized carbons (Fsp3) is 0.467. The van der Waals surface area contributed by atoms with Gasteiger partial charge >= 0.3 is 0 Å². The van der Waals surface area contributed by atoms with Crippen LogP contribution in [0.1, 0.15) is 24.5 Å². The molecule has 2 heteroatoms. The van der Waals surface area contributed by atoms with Gasteiger partial charge in [0.05, 0.1) is 0 Å². The van der Waals surface area contributed by atoms with Gasteiger partial charge in [-0.15, -0.1) is 0 Å². The SMILES string of the molecule is CC1=CCN(Cc2ccccc2CCN)CC1. The van der Waals surface area contributed by atoms with E-state index in [0.717, 1.165) is 26.1 Å². The molecule has 0 saturated heterocycles. The lowest BCUT2D eigenvalue weighted by molar-refractivity contribution is 0.285. The van der Waals surface area contributed by atoms with Gasteiger partial charge in [0.15, 0.2) is 0 Å². The molecule has 1 aromatic rings. The molecule has 0 bridgehead atoms. The molecule has 0 unspecified atom stereocenters. The van der Waals surface area contributed by atoms with Crippen molar-refractivity contribution in [3.8, 4) is 0 Å². The third kappa shape index (κ3) is 3.42. The highest BCUT2D eigenvalue weighted by molar-refractivity contribution is 5.27. The van der Waals surface area contributed by atoms with Crippen LogP contribution in [0.4, 0.5) is 0 Å². The van der Waals surface area contributed by atoms with Crippen molar-refractivity contribution < 1.29 is 0 Å². The van der Waals surface area contributed by atoms with Crippen LogP contribution in [-0.2, 0) is 13.0 Å². The number of hydrogen-bond donors (Lipinski definition) is 1. The lowest BCUT2D eigenvalue weighted by atomic mass is 10.0. The van der Waals surface area contributed by atoms with E-state index in [1.807, 2.05) is 0 Å². The maximum absolute atomic E-state index is 5.66. The Morgan fingerprint density at radius 1 is 1.24 bits per heavy atom. The highest BCUT2D eigenvalue weighted by Gasteiger charge is 2.11. The molecule has 1 aromatic carbocycles. The second-order valence-corrected chi connectivity index (χ2v) is 4.84. The topological polar surface area (TPSA) is 29.3 Å². The van der Waals surface area contributed by atoms with E-state index in [4.69, 9.17) is 5.73 Å². The summed E-state index contributed by atoms with van der Waals surface area (Å²) in [5.41, 5.74) is 10.0. The van der Waals surface area contributed by atoms with Gasteiger partial charge in [-0.2, -0.15) is 0 Å². The summed E-state index contributed by atoms with van der Waals surface area (Å²) in [6, 6.07) is 8.67. The second-order valence-electron chi connectivity index (χ2n) is 4.84. The zero-order valence-electron chi connectivity index (χ0n) is 10.7. The Morgan fingerprint density at radius 2 is 2.00 bits per heavy atom. The van der Waals surface area contributed by atoms with Crippen LogP contribution in [-0.4, -0.2) is 24.5 Å². The molecular formula is C15H22N2. The first-order valence-electron chi connectivity index (χ1n) is 6.44. The first kappa shape index (κ1) is 12.3. The van der Waals surface area contributed by atoms with E-state index >= 15 is 0 Å². The van der Waals surface area contributed by atoms with Crippen molar-refractivity contribution in [3.63, 3.8) is 0 Å². The van der Waals surface area contributed by atoms with Crippen molar-refractivity contribution in [2.45, 2.75) is 26.3 Å². The van der Waals surface area contributed by atoms with Crippen LogP contribution < -0.4 is 5.73 Å². The highest BCUT2D eigenvalue weighted by Crippen LogP contribution is 2.16. The molecule has 2 nitrogen and oxygen atoms in total. The molecule has 0 spiro atoms. The largest absolute Gasteiger partial charge is 0.330 e. The Balaban J connectivity index is 2.03. The van der Waals surface area contributed by atoms with E-state index in [9.17, 15) is 0 Å². The third-order valence-electron chi connectivity index (χ3n) is 3.45. The zero-order valence-corrected chi connectivity index (χ0v) is 10.7. The van der Waals surface area contributed by atoms with Gasteiger partial charge in [0, 0.05) is 19.6 Å². The summed E-state index contributed by atoms with van der Waals surface area (Å²) in [5.74, 6) is 0. The molecule has 1 aliphatic heterocycles. The smallest absolute Gasteiger partial charge is 0.0239 e. The number of nitrogens with two attached hydrogens (primary N) is 1. The van der Waals surface area contributed by atoms with Crippen LogP contribution in [0, 0.1) is 0 Å². The van der Waals surface area contributed by atoms with Gasteiger partial charge in [-0.25, -0.2) is 0 Å². The summed E-state index contributed by atoms with van der Waals surface area (Å²) in [6.45, 7) is 6.28. The van der Waals surface area contributed by atoms with Crippen molar-refractivity contribution >= 4 is 0 Å². The van der Waals surface area contributed by atoms with Gasteiger partial charge in [-0.05, 0) is 37.4 Å². The summed E-state index contributed by atoms with van der Waals surface area (Å²) in [6.07, 6.45) is 4.53. The Labute approximate surface area is 104 Å². The molecule has 1 aliphatic rings. The molecule has 0 amide bonds. The maximum Gasteiger partial charge on any atom is 0.0239 e. The number of nitrogens with zero attached hydrogens (tertiary/aromatic N) is 1. The minimum Gasteiger partial charge on any atom is -0.330 e. The Kier molecular flexibility index (Phi) is 4.35. The van der Waals surface area contributed by atoms with Crippen LogP contribution in [0.15, 0.2) is 35.9 Å². The second kappa shape index (κ2) is 5.99. The molecular weight excluding hydrogens is 208 g/mol. The molecule has 0 aliphatic carbocycles. The molecule has 0 radical (unpaired) electrons. The first-order valence-corrected chi connectivity index (χ1v) is 6.44. The fourth-order valence-electron chi connectivity index (χ4n) is 2.31. The maximum atomic E-state index is 5.66. The monoisotopic (exact) mass is 230 g/mol. The van der Waals surface area contributed by atoms with E-state index in [2.05, 4.69) is 42.2 Å². The average molecular weight is 230 g/mol. The summed E-state index contributed by atoms with van der Waals surface area (Å²) < 4.78 is 0. The molecule has 0 aromatic heterocycles. The third-order valence-corrected chi connectivity index (χ3v) is 3.45. The van der Waals surface area contributed by atoms with Gasteiger partial charge < -0.3 is 5.73 Å². The predicted molar refractivity (Wildman–Crippen MR) is 72.9 cm³/mol. The lowest BCUT2D eigenvalue weighted by Crippen LogP contribution is -2.28. The van der Waals surface area contributed by atoms with Crippen molar-refractivity contribution in [3.05, 3.63) is 47.0 Å². The average Bonchev–Trinajstić information content (AvgIpc) is 2.35. The summed E-state index contributed by atoms with van der Waals surface area (Å²) in [5, 5.41) is 0. The first-order chi connectivity index (χ1) is 8.29. The zero-order chi connectivity index (χ0) is 12.1. The minimum absolute atomic E-state index is 0.732. The number of benzene rings is 1. The molecule has 0 fully saturated rings. The van der Waals surface area contributed by atoms with Crippen LogP contribution in [0.25, 0.3) is 0 Å². The molecule has 2 rings (SSSR count). The Bertz CT molecular complexity index is 396. The van der Waals surface area contributed by atoms with E-state index in [0.29, 0.717) is 0 Å². The predicted octanol–water partition coefficient (Wildman–Crippen LogP) is 2.34. The van der Waals surface area contributed by atoms with Crippen molar-refractivity contribution in [2.75, 3.05) is 19.6 Å². The standard InChI is InChI=1S/C15H22N2/c1-13-7-10-17(11-8-13)12-15-5-3-2-4-14(15)6-9-16/h2-5,7H,6,8-12,16H2,1H3.